The van der Waals surface area contributed by atoms with E-state index in [9.17, 15) is 4.79 Å². The van der Waals surface area contributed by atoms with Crippen molar-refractivity contribution in [1.29, 1.82) is 5.41 Å². The Hall–Kier alpha value is -3.64. The molecule has 0 spiro atoms. The quantitative estimate of drug-likeness (QED) is 0.115. The lowest BCUT2D eigenvalue weighted by Gasteiger charge is -2.20. The lowest BCUT2D eigenvalue weighted by molar-refractivity contribution is 0.0931. The van der Waals surface area contributed by atoms with E-state index >= 15 is 0 Å². The van der Waals surface area contributed by atoms with Crippen LogP contribution >= 0.6 is 11.6 Å². The zero-order valence-corrected chi connectivity index (χ0v) is 20.6. The third-order valence-electron chi connectivity index (χ3n) is 6.01. The Morgan fingerprint density at radius 3 is 2.40 bits per heavy atom. The highest BCUT2D eigenvalue weighted by Crippen LogP contribution is 2.25. The lowest BCUT2D eigenvalue weighted by Crippen LogP contribution is -2.32. The third-order valence-corrected chi connectivity index (χ3v) is 6.28. The normalized spacial score (nSPS) is 11.8. The molecule has 180 valence electrons. The van der Waals surface area contributed by atoms with Gasteiger partial charge in [0.25, 0.3) is 5.91 Å². The van der Waals surface area contributed by atoms with Crippen LogP contribution in [-0.2, 0) is 6.54 Å². The van der Waals surface area contributed by atoms with Crippen LogP contribution in [-0.4, -0.2) is 33.7 Å². The van der Waals surface area contributed by atoms with Crippen LogP contribution < -0.4 is 10.6 Å². The summed E-state index contributed by atoms with van der Waals surface area (Å²) < 4.78 is 2.16. The minimum Gasteiger partial charge on any atom is -0.373 e. The minimum absolute atomic E-state index is 0.134. The van der Waals surface area contributed by atoms with Gasteiger partial charge in [0.15, 0.2) is 0 Å². The minimum atomic E-state index is -0.268. The highest BCUT2D eigenvalue weighted by Gasteiger charge is 2.22. The Bertz CT molecular complexity index is 1280. The predicted octanol–water partition coefficient (Wildman–Crippen LogP) is 5.78. The van der Waals surface area contributed by atoms with E-state index in [0.29, 0.717) is 24.4 Å². The maximum absolute atomic E-state index is 13.3. The number of aromatic nitrogens is 2. The molecule has 35 heavy (non-hydrogen) atoms. The van der Waals surface area contributed by atoms with Crippen LogP contribution in [0.25, 0.3) is 22.2 Å². The van der Waals surface area contributed by atoms with Crippen molar-refractivity contribution >= 4 is 34.4 Å². The summed E-state index contributed by atoms with van der Waals surface area (Å²) >= 11 is 5.70. The van der Waals surface area contributed by atoms with E-state index in [4.69, 9.17) is 22.0 Å². The van der Waals surface area contributed by atoms with Crippen molar-refractivity contribution in [3.63, 3.8) is 0 Å². The number of para-hydroxylation sites is 2. The number of nitrogens with zero attached hydrogens (tertiary/aromatic N) is 2. The highest BCUT2D eigenvalue weighted by molar-refractivity contribution is 6.27. The van der Waals surface area contributed by atoms with Crippen LogP contribution in [0.1, 0.15) is 42.0 Å². The summed E-state index contributed by atoms with van der Waals surface area (Å²) in [5.74, 6) is 1.16. The van der Waals surface area contributed by atoms with Gasteiger partial charge in [-0.25, -0.2) is 4.98 Å². The zero-order valence-electron chi connectivity index (χ0n) is 19.8. The van der Waals surface area contributed by atoms with Gasteiger partial charge in [0.1, 0.15) is 11.7 Å². The molecule has 1 aromatic heterocycles. The first-order chi connectivity index (χ1) is 17.1. The largest absolute Gasteiger partial charge is 0.373 e. The van der Waals surface area contributed by atoms with Gasteiger partial charge < -0.3 is 15.2 Å². The summed E-state index contributed by atoms with van der Waals surface area (Å²) in [5.41, 5.74) is 4.76. The fraction of sp³-hybridized carbons (Fsp3) is 0.250. The van der Waals surface area contributed by atoms with Crippen molar-refractivity contribution in [1.82, 2.24) is 20.2 Å². The first-order valence-electron chi connectivity index (χ1n) is 11.9. The fourth-order valence-electron chi connectivity index (χ4n) is 4.24. The molecule has 4 aromatic rings. The monoisotopic (exact) mass is 487 g/mol. The second kappa shape index (κ2) is 11.7. The fourth-order valence-corrected chi connectivity index (χ4v) is 4.33. The molecule has 4 rings (SSSR count). The average Bonchev–Trinajstić information content (AvgIpc) is 3.29. The Morgan fingerprint density at radius 1 is 1.00 bits per heavy atom. The second-order valence-electron chi connectivity index (χ2n) is 8.35. The van der Waals surface area contributed by atoms with E-state index in [1.807, 2.05) is 60.7 Å². The number of fused-ring (bicyclic) bond motifs is 1. The maximum Gasteiger partial charge on any atom is 0.251 e. The lowest BCUT2D eigenvalue weighted by atomic mass is 10.0. The molecule has 0 bridgehead atoms. The molecule has 0 radical (unpaired) electrons. The molecule has 3 aromatic carbocycles. The molecule has 0 saturated carbocycles. The number of imidazole rings is 1. The summed E-state index contributed by atoms with van der Waals surface area (Å²) in [5, 5.41) is 13.9. The third kappa shape index (κ3) is 5.89. The molecule has 0 aliphatic carbocycles. The Balaban J connectivity index is 1.55. The molecule has 1 atom stereocenters. The molecule has 0 unspecified atom stereocenters. The highest BCUT2D eigenvalue weighted by atomic mass is 35.5. The summed E-state index contributed by atoms with van der Waals surface area (Å²) in [7, 11) is 0. The maximum atomic E-state index is 13.3. The van der Waals surface area contributed by atoms with Gasteiger partial charge in [-0.05, 0) is 55.2 Å². The Morgan fingerprint density at radius 2 is 1.69 bits per heavy atom. The molecule has 1 amide bonds. The number of nitrogens with one attached hydrogen (secondary N) is 3. The number of halogens is 1. The van der Waals surface area contributed by atoms with Gasteiger partial charge in [0, 0.05) is 18.7 Å². The van der Waals surface area contributed by atoms with Gasteiger partial charge in [-0.15, -0.1) is 11.6 Å². The number of amides is 1. The van der Waals surface area contributed by atoms with Crippen molar-refractivity contribution in [3.05, 3.63) is 90.3 Å². The molecule has 7 heteroatoms. The van der Waals surface area contributed by atoms with Crippen LogP contribution in [0.15, 0.2) is 78.9 Å². The number of aryl methyl sites for hydroxylation is 1. The van der Waals surface area contributed by atoms with Gasteiger partial charge in [-0.1, -0.05) is 54.6 Å². The summed E-state index contributed by atoms with van der Waals surface area (Å²) in [6, 6.07) is 25.5. The smallest absolute Gasteiger partial charge is 0.251 e. The standard InChI is InChI=1S/C28H30ClN5O/c1-2-34-25-13-7-6-11-23(25)32-27(34)24(12-8-18-31-26(30)19-29)33-28(35)22-16-14-21(15-17-22)20-9-4-3-5-10-20/h3-7,9-11,13-17,24H,2,8,12,18-19H2,1H3,(H2,30,31)(H,33,35)/t24-/m0/s1. The van der Waals surface area contributed by atoms with Crippen LogP contribution in [0, 0.1) is 5.41 Å². The number of hydrogen-bond acceptors (Lipinski definition) is 3. The topological polar surface area (TPSA) is 82.8 Å². The molecular weight excluding hydrogens is 458 g/mol. The average molecular weight is 488 g/mol. The molecule has 0 aliphatic heterocycles. The van der Waals surface area contributed by atoms with Crippen molar-refractivity contribution < 1.29 is 4.79 Å². The number of benzene rings is 3. The predicted molar refractivity (Wildman–Crippen MR) is 143 cm³/mol. The molecule has 0 saturated heterocycles. The molecule has 0 fully saturated rings. The van der Waals surface area contributed by atoms with Crippen molar-refractivity contribution in [2.75, 3.05) is 12.4 Å². The van der Waals surface area contributed by atoms with Crippen LogP contribution in [0.3, 0.4) is 0 Å². The van der Waals surface area contributed by atoms with E-state index in [0.717, 1.165) is 41.0 Å². The Kier molecular flexibility index (Phi) is 8.16. The molecule has 0 aliphatic rings. The molecule has 1 heterocycles. The van der Waals surface area contributed by atoms with Crippen LogP contribution in [0.2, 0.25) is 0 Å². The number of hydrogen-bond donors (Lipinski definition) is 3. The number of carbonyl (C=O) groups is 1. The number of alkyl halides is 1. The second-order valence-corrected chi connectivity index (χ2v) is 8.62. The van der Waals surface area contributed by atoms with E-state index in [-0.39, 0.29) is 17.8 Å². The van der Waals surface area contributed by atoms with E-state index in [1.54, 1.807) is 0 Å². The van der Waals surface area contributed by atoms with Crippen molar-refractivity contribution in [3.8, 4) is 11.1 Å². The number of carbonyl (C=O) groups excluding carboxylic acids is 1. The van der Waals surface area contributed by atoms with E-state index in [1.165, 1.54) is 0 Å². The van der Waals surface area contributed by atoms with Crippen LogP contribution in [0.4, 0.5) is 0 Å². The van der Waals surface area contributed by atoms with Gasteiger partial charge in [0.05, 0.1) is 23.0 Å². The van der Waals surface area contributed by atoms with Crippen LogP contribution in [0.5, 0.6) is 0 Å². The van der Waals surface area contributed by atoms with E-state index < -0.39 is 0 Å². The molecule has 3 N–H and O–H groups in total. The van der Waals surface area contributed by atoms with Gasteiger partial charge >= 0.3 is 0 Å². The molecular formula is C28H30ClN5O. The van der Waals surface area contributed by atoms with Gasteiger partial charge in [0.2, 0.25) is 0 Å². The van der Waals surface area contributed by atoms with Gasteiger partial charge in [-0.3, -0.25) is 10.2 Å². The first kappa shape index (κ1) is 24.5. The van der Waals surface area contributed by atoms with Crippen molar-refractivity contribution in [2.24, 2.45) is 0 Å². The first-order valence-corrected chi connectivity index (χ1v) is 12.4. The van der Waals surface area contributed by atoms with E-state index in [2.05, 4.69) is 40.3 Å². The summed E-state index contributed by atoms with van der Waals surface area (Å²) in [4.78, 5) is 18.1. The number of rotatable bonds is 10. The van der Waals surface area contributed by atoms with Gasteiger partial charge in [-0.2, -0.15) is 0 Å². The SMILES string of the molecule is CCn1c([C@H](CCCNC(=N)CCl)NC(=O)c2ccc(-c3ccccc3)cc2)nc2ccccc21. The summed E-state index contributed by atoms with van der Waals surface area (Å²) in [6.45, 7) is 3.45. The van der Waals surface area contributed by atoms with Crippen molar-refractivity contribution in [2.45, 2.75) is 32.4 Å². The summed E-state index contributed by atoms with van der Waals surface area (Å²) in [6.07, 6.45) is 1.43. The zero-order chi connectivity index (χ0) is 24.6. The molecule has 6 nitrogen and oxygen atoms in total. The Labute approximate surface area is 210 Å². The number of amidine groups is 1.